The fourth-order valence-electron chi connectivity index (χ4n) is 3.37. The number of hydrazine groups is 1. The minimum Gasteiger partial charge on any atom is -0.277 e. The summed E-state index contributed by atoms with van der Waals surface area (Å²) in [4.78, 5) is 29.6. The van der Waals surface area contributed by atoms with Crippen LogP contribution in [0.1, 0.15) is 24.8 Å². The first-order valence-corrected chi connectivity index (χ1v) is 9.27. The van der Waals surface area contributed by atoms with E-state index in [1.54, 1.807) is 12.1 Å². The molecular weight excluding hydrogens is 364 g/mol. The third kappa shape index (κ3) is 3.28. The second kappa shape index (κ2) is 7.04. The van der Waals surface area contributed by atoms with Crippen molar-refractivity contribution in [2.24, 2.45) is 5.92 Å². The van der Waals surface area contributed by atoms with Gasteiger partial charge in [-0.15, -0.1) is 0 Å². The Balaban J connectivity index is 1.50. The topological polar surface area (TPSA) is 76.0 Å². The molecule has 4 rings (SSSR count). The van der Waals surface area contributed by atoms with Crippen molar-refractivity contribution < 1.29 is 4.79 Å². The number of anilines is 1. The lowest BCUT2D eigenvalue weighted by Crippen LogP contribution is -2.35. The van der Waals surface area contributed by atoms with Crippen LogP contribution < -0.4 is 16.4 Å². The molecule has 6 nitrogen and oxygen atoms in total. The summed E-state index contributed by atoms with van der Waals surface area (Å²) < 4.78 is 1.50. The van der Waals surface area contributed by atoms with Crippen LogP contribution in [0.15, 0.2) is 53.3 Å². The molecule has 3 aromatic rings. The zero-order valence-corrected chi connectivity index (χ0v) is 15.5. The molecule has 1 amide bonds. The second-order valence-corrected chi connectivity index (χ2v) is 6.99. The highest BCUT2D eigenvalue weighted by Gasteiger charge is 2.44. The van der Waals surface area contributed by atoms with Crippen LogP contribution in [0.4, 0.5) is 5.95 Å². The van der Waals surface area contributed by atoms with E-state index in [2.05, 4.69) is 15.8 Å². The fourth-order valence-corrected chi connectivity index (χ4v) is 3.65. The molecule has 2 unspecified atom stereocenters. The third-order valence-corrected chi connectivity index (χ3v) is 5.25. The molecule has 0 spiro atoms. The number of hydrogen-bond acceptors (Lipinski definition) is 4. The highest BCUT2D eigenvalue weighted by molar-refractivity contribution is 6.31. The Labute approximate surface area is 161 Å². The van der Waals surface area contributed by atoms with Crippen molar-refractivity contribution in [1.82, 2.24) is 15.0 Å². The first kappa shape index (κ1) is 17.5. The number of carbonyl (C=O) groups excluding carboxylic acids is 1. The van der Waals surface area contributed by atoms with E-state index >= 15 is 0 Å². The zero-order chi connectivity index (χ0) is 19.0. The Morgan fingerprint density at radius 2 is 1.96 bits per heavy atom. The van der Waals surface area contributed by atoms with E-state index in [1.165, 1.54) is 4.57 Å². The molecule has 0 saturated heterocycles. The van der Waals surface area contributed by atoms with Gasteiger partial charge in [0.05, 0.1) is 10.9 Å². The molecule has 138 valence electrons. The first-order valence-electron chi connectivity index (χ1n) is 8.90. The fraction of sp³-hybridized carbons (Fsp3) is 0.250. The maximum atomic E-state index is 12.6. The Morgan fingerprint density at radius 3 is 2.74 bits per heavy atom. The van der Waals surface area contributed by atoms with Crippen LogP contribution in [0.5, 0.6) is 0 Å². The smallest absolute Gasteiger partial charge is 0.262 e. The average molecular weight is 383 g/mol. The van der Waals surface area contributed by atoms with Crippen molar-refractivity contribution in [1.29, 1.82) is 0 Å². The standard InChI is InChI=1S/C20H19ClN4O2/c1-2-25-19(27)13-8-4-6-10-17(13)22-20(25)24-23-18(26)15-11-14(15)12-7-3-5-9-16(12)21/h3-10,14-15H,2,11H2,1H3,(H,22,24)(H,23,26). The molecular formula is C20H19ClN4O2. The molecule has 2 N–H and O–H groups in total. The third-order valence-electron chi connectivity index (χ3n) is 4.91. The van der Waals surface area contributed by atoms with Crippen molar-refractivity contribution in [2.75, 3.05) is 5.43 Å². The van der Waals surface area contributed by atoms with Gasteiger partial charge in [-0.2, -0.15) is 0 Å². The van der Waals surface area contributed by atoms with Crippen LogP contribution in [0, 0.1) is 5.92 Å². The number of para-hydroxylation sites is 1. The molecule has 2 atom stereocenters. The first-order chi connectivity index (χ1) is 13.1. The molecule has 1 fully saturated rings. The van der Waals surface area contributed by atoms with Gasteiger partial charge in [-0.3, -0.25) is 25.0 Å². The number of hydrogen-bond donors (Lipinski definition) is 2. The summed E-state index contributed by atoms with van der Waals surface area (Å²) in [5.74, 6) is 0.174. The normalized spacial score (nSPS) is 18.3. The molecule has 1 aliphatic rings. The summed E-state index contributed by atoms with van der Waals surface area (Å²) >= 11 is 6.22. The molecule has 0 bridgehead atoms. The van der Waals surface area contributed by atoms with Crippen molar-refractivity contribution in [2.45, 2.75) is 25.8 Å². The van der Waals surface area contributed by atoms with Crippen molar-refractivity contribution in [3.05, 3.63) is 69.5 Å². The Morgan fingerprint density at radius 1 is 1.22 bits per heavy atom. The number of rotatable bonds is 5. The van der Waals surface area contributed by atoms with Crippen LogP contribution in [0.25, 0.3) is 10.9 Å². The highest BCUT2D eigenvalue weighted by Crippen LogP contribution is 2.49. The zero-order valence-electron chi connectivity index (χ0n) is 14.8. The SMILES string of the molecule is CCn1c(NNC(=O)C2CC2c2ccccc2Cl)nc2ccccc2c1=O. The van der Waals surface area contributed by atoms with Gasteiger partial charge in [-0.1, -0.05) is 41.9 Å². The molecule has 7 heteroatoms. The van der Waals surface area contributed by atoms with E-state index in [9.17, 15) is 9.59 Å². The monoisotopic (exact) mass is 382 g/mol. The van der Waals surface area contributed by atoms with Gasteiger partial charge < -0.3 is 0 Å². The largest absolute Gasteiger partial charge is 0.277 e. The van der Waals surface area contributed by atoms with E-state index in [1.807, 2.05) is 43.3 Å². The summed E-state index contributed by atoms with van der Waals surface area (Å²) in [6.07, 6.45) is 0.753. The van der Waals surface area contributed by atoms with Crippen molar-refractivity contribution in [3.63, 3.8) is 0 Å². The number of nitrogens with zero attached hydrogens (tertiary/aromatic N) is 2. The van der Waals surface area contributed by atoms with Gasteiger partial charge in [0.25, 0.3) is 5.56 Å². The summed E-state index contributed by atoms with van der Waals surface area (Å²) in [6.45, 7) is 2.31. The van der Waals surface area contributed by atoms with Gasteiger partial charge in [-0.05, 0) is 43.0 Å². The minimum absolute atomic E-state index is 0.124. The van der Waals surface area contributed by atoms with Gasteiger partial charge in [0, 0.05) is 17.5 Å². The van der Waals surface area contributed by atoms with Crippen molar-refractivity contribution >= 4 is 34.4 Å². The number of halogens is 1. The van der Waals surface area contributed by atoms with Crippen LogP contribution in [-0.2, 0) is 11.3 Å². The molecule has 1 heterocycles. The van der Waals surface area contributed by atoms with Crippen LogP contribution in [0.3, 0.4) is 0 Å². The Kier molecular flexibility index (Phi) is 4.58. The lowest BCUT2D eigenvalue weighted by Gasteiger charge is -2.14. The molecule has 1 saturated carbocycles. The maximum Gasteiger partial charge on any atom is 0.262 e. The number of aromatic nitrogens is 2. The number of carbonyl (C=O) groups is 1. The predicted octanol–water partition coefficient (Wildman–Crippen LogP) is 3.32. The lowest BCUT2D eigenvalue weighted by molar-refractivity contribution is -0.121. The number of benzene rings is 2. The summed E-state index contributed by atoms with van der Waals surface area (Å²) in [6, 6.07) is 14.7. The molecule has 1 aliphatic carbocycles. The molecule has 2 aromatic carbocycles. The van der Waals surface area contributed by atoms with E-state index in [4.69, 9.17) is 11.6 Å². The quantitative estimate of drug-likeness (QED) is 0.664. The van der Waals surface area contributed by atoms with Gasteiger partial charge in [0.15, 0.2) is 0 Å². The van der Waals surface area contributed by atoms with E-state index < -0.39 is 0 Å². The van der Waals surface area contributed by atoms with Gasteiger partial charge in [0.1, 0.15) is 0 Å². The van der Waals surface area contributed by atoms with Crippen molar-refractivity contribution in [3.8, 4) is 0 Å². The maximum absolute atomic E-state index is 12.6. The summed E-state index contributed by atoms with van der Waals surface area (Å²) in [5.41, 5.74) is 6.96. The number of amides is 1. The minimum atomic E-state index is -0.139. The molecule has 0 radical (unpaired) electrons. The lowest BCUT2D eigenvalue weighted by atomic mass is 10.1. The van der Waals surface area contributed by atoms with E-state index in [0.717, 1.165) is 12.0 Å². The highest BCUT2D eigenvalue weighted by atomic mass is 35.5. The van der Waals surface area contributed by atoms with E-state index in [0.29, 0.717) is 28.4 Å². The Hall–Kier alpha value is -2.86. The summed E-state index contributed by atoms with van der Waals surface area (Å²) in [5, 5.41) is 1.24. The van der Waals surface area contributed by atoms with Gasteiger partial charge in [-0.25, -0.2) is 4.98 Å². The number of nitrogens with one attached hydrogen (secondary N) is 2. The summed E-state index contributed by atoms with van der Waals surface area (Å²) in [7, 11) is 0. The molecule has 1 aromatic heterocycles. The van der Waals surface area contributed by atoms with Gasteiger partial charge >= 0.3 is 0 Å². The Bertz CT molecular complexity index is 1080. The number of fused-ring (bicyclic) bond motifs is 1. The van der Waals surface area contributed by atoms with Crippen LogP contribution >= 0.6 is 11.6 Å². The van der Waals surface area contributed by atoms with Gasteiger partial charge in [0.2, 0.25) is 11.9 Å². The predicted molar refractivity (Wildman–Crippen MR) is 106 cm³/mol. The van der Waals surface area contributed by atoms with Crippen LogP contribution in [0.2, 0.25) is 5.02 Å². The van der Waals surface area contributed by atoms with E-state index in [-0.39, 0.29) is 23.3 Å². The molecule has 27 heavy (non-hydrogen) atoms. The van der Waals surface area contributed by atoms with Crippen LogP contribution in [-0.4, -0.2) is 15.5 Å². The average Bonchev–Trinajstić information content (AvgIpc) is 3.47. The second-order valence-electron chi connectivity index (χ2n) is 6.59. The molecule has 0 aliphatic heterocycles.